The molecule has 1 aliphatic heterocycles. The van der Waals surface area contributed by atoms with Crippen LogP contribution in [0.4, 0.5) is 0 Å². The van der Waals surface area contributed by atoms with Gasteiger partial charge in [0.25, 0.3) is 0 Å². The molecule has 1 heterocycles. The van der Waals surface area contributed by atoms with Gasteiger partial charge in [-0.2, -0.15) is 0 Å². The highest BCUT2D eigenvalue weighted by Crippen LogP contribution is 2.22. The van der Waals surface area contributed by atoms with Gasteiger partial charge in [-0.25, -0.2) is 0 Å². The quantitative estimate of drug-likeness (QED) is 0.876. The lowest BCUT2D eigenvalue weighted by atomic mass is 10.0. The molecule has 5 heteroatoms. The molecule has 20 heavy (non-hydrogen) atoms. The van der Waals surface area contributed by atoms with Crippen LogP contribution in [0.2, 0.25) is 5.02 Å². The van der Waals surface area contributed by atoms with Crippen molar-refractivity contribution in [2.24, 2.45) is 0 Å². The molecule has 110 valence electrons. The van der Waals surface area contributed by atoms with Crippen LogP contribution >= 0.6 is 11.6 Å². The maximum Gasteiger partial charge on any atom is 0.237 e. The van der Waals surface area contributed by atoms with E-state index in [-0.39, 0.29) is 24.1 Å². The van der Waals surface area contributed by atoms with Gasteiger partial charge in [0.2, 0.25) is 5.91 Å². The van der Waals surface area contributed by atoms with Crippen molar-refractivity contribution in [3.63, 3.8) is 0 Å². The van der Waals surface area contributed by atoms with Crippen molar-refractivity contribution in [2.75, 3.05) is 13.7 Å². The minimum atomic E-state index is -0.183. The Morgan fingerprint density at radius 2 is 2.15 bits per heavy atom. The lowest BCUT2D eigenvalue weighted by Gasteiger charge is -2.25. The lowest BCUT2D eigenvalue weighted by molar-refractivity contribution is -0.124. The maximum absolute atomic E-state index is 12.1. The topological polar surface area (TPSA) is 50.4 Å². The van der Waals surface area contributed by atoms with Crippen LogP contribution in [0.5, 0.6) is 0 Å². The van der Waals surface area contributed by atoms with Crippen molar-refractivity contribution in [3.05, 3.63) is 34.9 Å². The number of amides is 1. The number of halogens is 1. The number of methoxy groups -OCH3 is 1. The largest absolute Gasteiger partial charge is 0.375 e. The van der Waals surface area contributed by atoms with Crippen LogP contribution in [-0.2, 0) is 9.53 Å². The van der Waals surface area contributed by atoms with E-state index in [2.05, 4.69) is 10.6 Å². The second-order valence-electron chi connectivity index (χ2n) is 5.15. The third kappa shape index (κ3) is 3.72. The predicted molar refractivity (Wildman–Crippen MR) is 79.8 cm³/mol. The summed E-state index contributed by atoms with van der Waals surface area (Å²) in [6, 6.07) is 7.34. The van der Waals surface area contributed by atoms with Crippen molar-refractivity contribution in [1.82, 2.24) is 10.6 Å². The summed E-state index contributed by atoms with van der Waals surface area (Å²) < 4.78 is 5.52. The number of rotatable bonds is 5. The summed E-state index contributed by atoms with van der Waals surface area (Å²) in [7, 11) is 1.65. The zero-order valence-electron chi connectivity index (χ0n) is 11.9. The molecule has 3 atom stereocenters. The Balaban J connectivity index is 1.99. The van der Waals surface area contributed by atoms with Gasteiger partial charge in [-0.3, -0.25) is 4.79 Å². The van der Waals surface area contributed by atoms with E-state index in [1.165, 1.54) is 0 Å². The number of carbonyl (C=O) groups excluding carboxylic acids is 1. The zero-order valence-corrected chi connectivity index (χ0v) is 12.6. The minimum Gasteiger partial charge on any atom is -0.375 e. The molecule has 3 unspecified atom stereocenters. The van der Waals surface area contributed by atoms with Crippen LogP contribution in [0.3, 0.4) is 0 Å². The number of ether oxygens (including phenoxy) is 1. The second-order valence-corrected chi connectivity index (χ2v) is 5.59. The Kier molecular flexibility index (Phi) is 5.40. The van der Waals surface area contributed by atoms with Gasteiger partial charge in [0.15, 0.2) is 0 Å². The van der Waals surface area contributed by atoms with Gasteiger partial charge in [-0.05, 0) is 44.0 Å². The van der Waals surface area contributed by atoms with Crippen LogP contribution in [-0.4, -0.2) is 31.6 Å². The summed E-state index contributed by atoms with van der Waals surface area (Å²) in [5.74, 6) is 0.0472. The molecule has 1 saturated heterocycles. The van der Waals surface area contributed by atoms with Gasteiger partial charge >= 0.3 is 0 Å². The molecule has 0 radical (unpaired) electrons. The monoisotopic (exact) mass is 296 g/mol. The number of carbonyl (C=O) groups is 1. The highest BCUT2D eigenvalue weighted by atomic mass is 35.5. The van der Waals surface area contributed by atoms with Gasteiger partial charge in [0.05, 0.1) is 12.1 Å². The first-order valence-corrected chi connectivity index (χ1v) is 7.31. The molecular formula is C15H21ClN2O2. The standard InChI is InChI=1S/C15H21ClN2O2/c1-10(18-15(19)13-4-3-9-17-13)14(20-2)11-5-7-12(16)8-6-11/h5-8,10,13-14,17H,3-4,9H2,1-2H3,(H,18,19). The van der Waals surface area contributed by atoms with Crippen LogP contribution in [0.1, 0.15) is 31.4 Å². The Bertz CT molecular complexity index is 444. The average molecular weight is 297 g/mol. The highest BCUT2D eigenvalue weighted by Gasteiger charge is 2.26. The summed E-state index contributed by atoms with van der Waals surface area (Å²) >= 11 is 5.89. The van der Waals surface area contributed by atoms with Gasteiger partial charge in [-0.15, -0.1) is 0 Å². The summed E-state index contributed by atoms with van der Waals surface area (Å²) in [6.07, 6.45) is 1.77. The maximum atomic E-state index is 12.1. The van der Waals surface area contributed by atoms with Crippen LogP contribution in [0.15, 0.2) is 24.3 Å². The molecular weight excluding hydrogens is 276 g/mol. The highest BCUT2D eigenvalue weighted by molar-refractivity contribution is 6.30. The third-order valence-corrected chi connectivity index (χ3v) is 3.91. The molecule has 0 saturated carbocycles. The summed E-state index contributed by atoms with van der Waals surface area (Å²) in [6.45, 7) is 2.87. The van der Waals surface area contributed by atoms with Crippen molar-refractivity contribution in [1.29, 1.82) is 0 Å². The van der Waals surface area contributed by atoms with Gasteiger partial charge in [-0.1, -0.05) is 23.7 Å². The van der Waals surface area contributed by atoms with Crippen LogP contribution in [0.25, 0.3) is 0 Å². The molecule has 1 aromatic rings. The molecule has 0 aliphatic carbocycles. The van der Waals surface area contributed by atoms with E-state index in [0.717, 1.165) is 24.9 Å². The fourth-order valence-corrected chi connectivity index (χ4v) is 2.72. The molecule has 0 aromatic heterocycles. The fourth-order valence-electron chi connectivity index (χ4n) is 2.59. The Hall–Kier alpha value is -1.10. The molecule has 1 aromatic carbocycles. The number of nitrogens with one attached hydrogen (secondary N) is 2. The first-order valence-electron chi connectivity index (χ1n) is 6.94. The summed E-state index contributed by atoms with van der Waals surface area (Å²) in [5.41, 5.74) is 1.00. The molecule has 2 N–H and O–H groups in total. The third-order valence-electron chi connectivity index (χ3n) is 3.65. The van der Waals surface area contributed by atoms with E-state index in [1.807, 2.05) is 31.2 Å². The fraction of sp³-hybridized carbons (Fsp3) is 0.533. The van der Waals surface area contributed by atoms with E-state index in [9.17, 15) is 4.79 Å². The molecule has 0 bridgehead atoms. The number of benzene rings is 1. The molecule has 1 amide bonds. The average Bonchev–Trinajstić information content (AvgIpc) is 2.96. The van der Waals surface area contributed by atoms with Gasteiger partial charge < -0.3 is 15.4 Å². The number of hydrogen-bond acceptors (Lipinski definition) is 3. The van der Waals surface area contributed by atoms with E-state index in [0.29, 0.717) is 5.02 Å². The van der Waals surface area contributed by atoms with Crippen molar-refractivity contribution in [3.8, 4) is 0 Å². The van der Waals surface area contributed by atoms with Crippen molar-refractivity contribution in [2.45, 2.75) is 38.0 Å². The molecule has 4 nitrogen and oxygen atoms in total. The molecule has 2 rings (SSSR count). The van der Waals surface area contributed by atoms with Crippen LogP contribution in [0, 0.1) is 0 Å². The second kappa shape index (κ2) is 7.07. The van der Waals surface area contributed by atoms with E-state index < -0.39 is 0 Å². The van der Waals surface area contributed by atoms with Crippen molar-refractivity contribution < 1.29 is 9.53 Å². The van der Waals surface area contributed by atoms with E-state index in [1.54, 1.807) is 7.11 Å². The first-order chi connectivity index (χ1) is 9.61. The van der Waals surface area contributed by atoms with Gasteiger partial charge in [0.1, 0.15) is 6.10 Å². The van der Waals surface area contributed by atoms with Gasteiger partial charge in [0, 0.05) is 12.1 Å². The Morgan fingerprint density at radius 1 is 1.45 bits per heavy atom. The Morgan fingerprint density at radius 3 is 2.70 bits per heavy atom. The molecule has 0 spiro atoms. The molecule has 1 aliphatic rings. The number of hydrogen-bond donors (Lipinski definition) is 2. The SMILES string of the molecule is COC(c1ccc(Cl)cc1)C(C)NC(=O)C1CCCN1. The normalized spacial score (nSPS) is 21.4. The zero-order chi connectivity index (χ0) is 14.5. The van der Waals surface area contributed by atoms with E-state index in [4.69, 9.17) is 16.3 Å². The molecule has 1 fully saturated rings. The van der Waals surface area contributed by atoms with Crippen molar-refractivity contribution >= 4 is 17.5 Å². The predicted octanol–water partition coefficient (Wildman–Crippen LogP) is 2.28. The lowest BCUT2D eigenvalue weighted by Crippen LogP contribution is -2.46. The van der Waals surface area contributed by atoms with Crippen LogP contribution < -0.4 is 10.6 Å². The smallest absolute Gasteiger partial charge is 0.237 e. The van der Waals surface area contributed by atoms with E-state index >= 15 is 0 Å². The summed E-state index contributed by atoms with van der Waals surface area (Å²) in [5, 5.41) is 6.91. The Labute approximate surface area is 124 Å². The summed E-state index contributed by atoms with van der Waals surface area (Å²) in [4.78, 5) is 12.1. The minimum absolute atomic E-state index is 0.0472. The first kappa shape index (κ1) is 15.3.